The number of piperidine rings is 2. The van der Waals surface area contributed by atoms with Gasteiger partial charge in [-0.2, -0.15) is 0 Å². The maximum Gasteiger partial charge on any atom is 0.224 e. The van der Waals surface area contributed by atoms with E-state index in [4.69, 9.17) is 0 Å². The molecule has 3 rings (SSSR count). The van der Waals surface area contributed by atoms with E-state index in [0.717, 1.165) is 19.5 Å². The van der Waals surface area contributed by atoms with Crippen molar-refractivity contribution in [3.63, 3.8) is 0 Å². The van der Waals surface area contributed by atoms with Crippen LogP contribution in [0, 0.1) is 5.92 Å². The molecule has 2 aliphatic heterocycles. The second kappa shape index (κ2) is 7.80. The van der Waals surface area contributed by atoms with Crippen LogP contribution in [-0.2, 0) is 4.79 Å². The van der Waals surface area contributed by atoms with Gasteiger partial charge in [0.25, 0.3) is 0 Å². The highest BCUT2D eigenvalue weighted by atomic mass is 16.2. The summed E-state index contributed by atoms with van der Waals surface area (Å²) in [7, 11) is 0. The Balaban J connectivity index is 1.45. The molecule has 1 amide bonds. The predicted octanol–water partition coefficient (Wildman–Crippen LogP) is 2.41. The molecule has 4 nitrogen and oxygen atoms in total. The third kappa shape index (κ3) is 4.80. The van der Waals surface area contributed by atoms with Crippen LogP contribution in [0.25, 0.3) is 0 Å². The third-order valence-electron chi connectivity index (χ3n) is 5.79. The molecule has 3 aliphatic rings. The molecule has 4 heteroatoms. The lowest BCUT2D eigenvalue weighted by atomic mass is 9.93. The zero-order valence-electron chi connectivity index (χ0n) is 14.9. The van der Waals surface area contributed by atoms with E-state index < -0.39 is 0 Å². The first-order chi connectivity index (χ1) is 11.2. The molecule has 2 saturated heterocycles. The molecule has 1 N–H and O–H groups in total. The molecular weight excluding hydrogens is 286 g/mol. The number of likely N-dealkylation sites (tertiary alicyclic amines) is 2. The first kappa shape index (κ1) is 17.0. The summed E-state index contributed by atoms with van der Waals surface area (Å²) in [5.41, 5.74) is 1.47. The summed E-state index contributed by atoms with van der Waals surface area (Å²) >= 11 is 0. The molecule has 0 radical (unpaired) electrons. The van der Waals surface area contributed by atoms with Gasteiger partial charge in [0.05, 0.1) is 5.92 Å². The maximum absolute atomic E-state index is 12.3. The lowest BCUT2D eigenvalue weighted by Gasteiger charge is -2.42. The van der Waals surface area contributed by atoms with Crippen molar-refractivity contribution >= 4 is 5.91 Å². The molecule has 3 fully saturated rings. The minimum Gasteiger partial charge on any atom is -0.353 e. The van der Waals surface area contributed by atoms with Crippen molar-refractivity contribution < 1.29 is 4.79 Å². The van der Waals surface area contributed by atoms with Crippen LogP contribution >= 0.6 is 0 Å². The fourth-order valence-electron chi connectivity index (χ4n) is 3.99. The zero-order chi connectivity index (χ0) is 16.2. The van der Waals surface area contributed by atoms with Crippen LogP contribution in [0.5, 0.6) is 0 Å². The summed E-state index contributed by atoms with van der Waals surface area (Å²) in [5, 5.41) is 3.20. The number of carbonyl (C=O) groups is 1. The van der Waals surface area contributed by atoms with E-state index in [9.17, 15) is 4.79 Å². The normalized spacial score (nSPS) is 28.8. The minimum atomic E-state index is 0.229. The molecule has 130 valence electrons. The van der Waals surface area contributed by atoms with Crippen molar-refractivity contribution in [1.29, 1.82) is 0 Å². The number of hydrogen-bond donors (Lipinski definition) is 1. The Hall–Kier alpha value is -0.870. The SMILES string of the molecule is CC=C(C)CN1CCC(N2CCCC(C(=O)NC3CC3)C2)CC1. The van der Waals surface area contributed by atoms with Gasteiger partial charge >= 0.3 is 0 Å². The number of allylic oxidation sites excluding steroid dienone is 1. The highest BCUT2D eigenvalue weighted by Gasteiger charge is 2.33. The van der Waals surface area contributed by atoms with Crippen molar-refractivity contribution in [1.82, 2.24) is 15.1 Å². The van der Waals surface area contributed by atoms with Crippen molar-refractivity contribution in [2.45, 2.75) is 64.5 Å². The van der Waals surface area contributed by atoms with Crippen LogP contribution in [-0.4, -0.2) is 60.5 Å². The van der Waals surface area contributed by atoms with Gasteiger partial charge in [0.1, 0.15) is 0 Å². The molecule has 1 aliphatic carbocycles. The largest absolute Gasteiger partial charge is 0.353 e. The summed E-state index contributed by atoms with van der Waals surface area (Å²) in [6.45, 7) is 10.0. The van der Waals surface area contributed by atoms with E-state index in [1.165, 1.54) is 57.3 Å². The van der Waals surface area contributed by atoms with Gasteiger partial charge in [0.15, 0.2) is 0 Å². The molecule has 0 aromatic carbocycles. The van der Waals surface area contributed by atoms with Gasteiger partial charge in [-0.3, -0.25) is 14.6 Å². The molecule has 0 bridgehead atoms. The summed E-state index contributed by atoms with van der Waals surface area (Å²) in [5.74, 6) is 0.547. The Morgan fingerprint density at radius 2 is 1.87 bits per heavy atom. The molecular formula is C19H33N3O. The number of nitrogens with zero attached hydrogens (tertiary/aromatic N) is 2. The molecule has 1 unspecified atom stereocenters. The summed E-state index contributed by atoms with van der Waals surface area (Å²) in [4.78, 5) is 17.5. The molecule has 0 aromatic heterocycles. The van der Waals surface area contributed by atoms with Crippen LogP contribution in [0.4, 0.5) is 0 Å². The second-order valence-electron chi connectivity index (χ2n) is 7.76. The monoisotopic (exact) mass is 319 g/mol. The second-order valence-corrected chi connectivity index (χ2v) is 7.76. The van der Waals surface area contributed by atoms with E-state index in [0.29, 0.717) is 18.0 Å². The van der Waals surface area contributed by atoms with Crippen molar-refractivity contribution in [2.75, 3.05) is 32.7 Å². The molecule has 1 atom stereocenters. The molecule has 0 aromatic rings. The van der Waals surface area contributed by atoms with E-state index in [-0.39, 0.29) is 5.92 Å². The van der Waals surface area contributed by atoms with Crippen LogP contribution in [0.3, 0.4) is 0 Å². The van der Waals surface area contributed by atoms with Gasteiger partial charge in [0.2, 0.25) is 5.91 Å². The van der Waals surface area contributed by atoms with Crippen molar-refractivity contribution in [2.24, 2.45) is 5.92 Å². The van der Waals surface area contributed by atoms with Gasteiger partial charge < -0.3 is 5.32 Å². The Bertz CT molecular complexity index is 436. The van der Waals surface area contributed by atoms with E-state index in [1.807, 2.05) is 0 Å². The standard InChI is InChI=1S/C19H33N3O/c1-3-15(2)13-21-11-8-18(9-12-21)22-10-4-5-16(14-22)19(23)20-17-6-7-17/h3,16-18H,4-14H2,1-2H3,(H,20,23). The number of hydrogen-bond acceptors (Lipinski definition) is 3. The van der Waals surface area contributed by atoms with Crippen molar-refractivity contribution in [3.8, 4) is 0 Å². The van der Waals surface area contributed by atoms with E-state index >= 15 is 0 Å². The average molecular weight is 319 g/mol. The molecule has 0 spiro atoms. The van der Waals surface area contributed by atoms with E-state index in [1.54, 1.807) is 0 Å². The maximum atomic E-state index is 12.3. The number of rotatable bonds is 5. The van der Waals surface area contributed by atoms with Crippen LogP contribution in [0.15, 0.2) is 11.6 Å². The molecule has 23 heavy (non-hydrogen) atoms. The summed E-state index contributed by atoms with van der Waals surface area (Å²) < 4.78 is 0. The smallest absolute Gasteiger partial charge is 0.224 e. The highest BCUT2D eigenvalue weighted by molar-refractivity contribution is 5.79. The van der Waals surface area contributed by atoms with Crippen LogP contribution in [0.2, 0.25) is 0 Å². The average Bonchev–Trinajstić information content (AvgIpc) is 3.39. The van der Waals surface area contributed by atoms with Crippen LogP contribution < -0.4 is 5.32 Å². The Labute approximate surface area is 141 Å². The lowest BCUT2D eigenvalue weighted by molar-refractivity contribution is -0.127. The predicted molar refractivity (Wildman–Crippen MR) is 94.4 cm³/mol. The van der Waals surface area contributed by atoms with Gasteiger partial charge in [-0.1, -0.05) is 11.6 Å². The highest BCUT2D eigenvalue weighted by Crippen LogP contribution is 2.26. The third-order valence-corrected chi connectivity index (χ3v) is 5.79. The van der Waals surface area contributed by atoms with Gasteiger partial charge in [-0.25, -0.2) is 0 Å². The zero-order valence-corrected chi connectivity index (χ0v) is 14.9. The van der Waals surface area contributed by atoms with Gasteiger partial charge in [0, 0.05) is 25.2 Å². The Morgan fingerprint density at radius 1 is 1.13 bits per heavy atom. The number of nitrogens with one attached hydrogen (secondary N) is 1. The molecule has 1 saturated carbocycles. The van der Waals surface area contributed by atoms with Gasteiger partial charge in [-0.05, 0) is 72.0 Å². The fraction of sp³-hybridized carbons (Fsp3) is 0.842. The first-order valence-corrected chi connectivity index (χ1v) is 9.54. The van der Waals surface area contributed by atoms with Crippen LogP contribution in [0.1, 0.15) is 52.4 Å². The Kier molecular flexibility index (Phi) is 5.76. The first-order valence-electron chi connectivity index (χ1n) is 9.54. The topological polar surface area (TPSA) is 35.6 Å². The lowest BCUT2D eigenvalue weighted by Crippen LogP contribution is -2.51. The minimum absolute atomic E-state index is 0.229. The molecule has 2 heterocycles. The summed E-state index contributed by atoms with van der Waals surface area (Å²) in [6, 6.07) is 1.18. The fourth-order valence-corrected chi connectivity index (χ4v) is 3.99. The number of carbonyl (C=O) groups excluding carboxylic acids is 1. The van der Waals surface area contributed by atoms with Crippen molar-refractivity contribution in [3.05, 3.63) is 11.6 Å². The summed E-state index contributed by atoms with van der Waals surface area (Å²) in [6.07, 6.45) is 9.37. The van der Waals surface area contributed by atoms with Gasteiger partial charge in [-0.15, -0.1) is 0 Å². The Morgan fingerprint density at radius 3 is 2.52 bits per heavy atom. The van der Waals surface area contributed by atoms with E-state index in [2.05, 4.69) is 35.0 Å². The number of amides is 1. The quantitative estimate of drug-likeness (QED) is 0.791.